The molecule has 3 aromatic rings. The number of nitrogens with one attached hydrogen (secondary N) is 2. The number of rotatable bonds is 6. The van der Waals surface area contributed by atoms with Crippen LogP contribution < -0.4 is 15.4 Å². The molecule has 0 radical (unpaired) electrons. The molecule has 0 aliphatic rings. The number of carbonyl (C=O) groups excluding carboxylic acids is 2. The van der Waals surface area contributed by atoms with Gasteiger partial charge in [0.1, 0.15) is 5.75 Å². The summed E-state index contributed by atoms with van der Waals surface area (Å²) in [6.45, 7) is 0.391. The van der Waals surface area contributed by atoms with Gasteiger partial charge in [0.05, 0.1) is 12.0 Å². The second-order valence-corrected chi connectivity index (χ2v) is 6.49. The highest BCUT2D eigenvalue weighted by atomic mass is 32.1. The topological polar surface area (TPSA) is 67.4 Å². The van der Waals surface area contributed by atoms with Crippen molar-refractivity contribution in [3.8, 4) is 5.75 Å². The van der Waals surface area contributed by atoms with E-state index >= 15 is 0 Å². The molecule has 0 atom stereocenters. The predicted octanol–water partition coefficient (Wildman–Crippen LogP) is 3.94. The van der Waals surface area contributed by atoms with Crippen molar-refractivity contribution in [3.63, 3.8) is 0 Å². The van der Waals surface area contributed by atoms with Crippen LogP contribution in [-0.4, -0.2) is 18.9 Å². The van der Waals surface area contributed by atoms with Gasteiger partial charge in [-0.1, -0.05) is 24.3 Å². The van der Waals surface area contributed by atoms with Gasteiger partial charge in [-0.25, -0.2) is 0 Å². The van der Waals surface area contributed by atoms with Gasteiger partial charge in [0.15, 0.2) is 0 Å². The fraction of sp³-hybridized carbons (Fsp3) is 0.100. The Morgan fingerprint density at radius 1 is 1.00 bits per heavy atom. The monoisotopic (exact) mass is 366 g/mol. The summed E-state index contributed by atoms with van der Waals surface area (Å²) in [6.07, 6.45) is 0. The van der Waals surface area contributed by atoms with E-state index in [1.54, 1.807) is 37.4 Å². The fourth-order valence-electron chi connectivity index (χ4n) is 2.41. The Morgan fingerprint density at radius 2 is 1.85 bits per heavy atom. The first-order valence-corrected chi connectivity index (χ1v) is 8.90. The van der Waals surface area contributed by atoms with E-state index in [1.165, 1.54) is 11.3 Å². The molecule has 0 bridgehead atoms. The second kappa shape index (κ2) is 8.31. The second-order valence-electron chi connectivity index (χ2n) is 5.55. The minimum absolute atomic E-state index is 0.186. The van der Waals surface area contributed by atoms with Gasteiger partial charge in [0.2, 0.25) is 0 Å². The molecule has 0 unspecified atom stereocenters. The number of anilines is 1. The Balaban J connectivity index is 1.63. The Bertz CT molecular complexity index is 907. The maximum atomic E-state index is 12.4. The molecule has 1 aromatic heterocycles. The van der Waals surface area contributed by atoms with Crippen LogP contribution in [0.1, 0.15) is 25.6 Å². The van der Waals surface area contributed by atoms with Crippen LogP contribution >= 0.6 is 11.3 Å². The third-order valence-electron chi connectivity index (χ3n) is 3.71. The molecule has 0 aliphatic heterocycles. The summed E-state index contributed by atoms with van der Waals surface area (Å²) in [4.78, 5) is 25.1. The zero-order chi connectivity index (χ0) is 18.4. The summed E-state index contributed by atoms with van der Waals surface area (Å²) in [6, 6.07) is 18.0. The molecular weight excluding hydrogens is 348 g/mol. The lowest BCUT2D eigenvalue weighted by molar-refractivity contribution is 0.0949. The molecule has 6 heteroatoms. The highest BCUT2D eigenvalue weighted by molar-refractivity contribution is 7.12. The maximum Gasteiger partial charge on any atom is 0.265 e. The van der Waals surface area contributed by atoms with E-state index in [0.717, 1.165) is 11.3 Å². The van der Waals surface area contributed by atoms with Crippen molar-refractivity contribution < 1.29 is 14.3 Å². The molecule has 5 nitrogen and oxygen atoms in total. The van der Waals surface area contributed by atoms with Crippen LogP contribution in [0.5, 0.6) is 5.75 Å². The van der Waals surface area contributed by atoms with Crippen LogP contribution in [0, 0.1) is 0 Å². The molecule has 0 spiro atoms. The van der Waals surface area contributed by atoms with Gasteiger partial charge < -0.3 is 15.4 Å². The fourth-order valence-corrected chi connectivity index (χ4v) is 3.02. The van der Waals surface area contributed by atoms with Crippen molar-refractivity contribution in [2.45, 2.75) is 6.54 Å². The van der Waals surface area contributed by atoms with Gasteiger partial charge in [-0.3, -0.25) is 9.59 Å². The number of benzene rings is 2. The lowest BCUT2D eigenvalue weighted by Crippen LogP contribution is -2.23. The molecule has 3 rings (SSSR count). The van der Waals surface area contributed by atoms with E-state index in [1.807, 2.05) is 35.7 Å². The van der Waals surface area contributed by atoms with Crippen molar-refractivity contribution in [1.29, 1.82) is 0 Å². The van der Waals surface area contributed by atoms with Crippen LogP contribution in [0.3, 0.4) is 0 Å². The minimum atomic E-state index is -0.208. The highest BCUT2D eigenvalue weighted by Gasteiger charge is 2.10. The normalized spacial score (nSPS) is 10.2. The van der Waals surface area contributed by atoms with Crippen molar-refractivity contribution in [3.05, 3.63) is 82.0 Å². The van der Waals surface area contributed by atoms with Gasteiger partial charge in [-0.05, 0) is 47.3 Å². The van der Waals surface area contributed by atoms with Gasteiger partial charge >= 0.3 is 0 Å². The maximum absolute atomic E-state index is 12.4. The molecule has 0 saturated heterocycles. The number of amides is 2. The molecule has 0 fully saturated rings. The quantitative estimate of drug-likeness (QED) is 0.694. The largest absolute Gasteiger partial charge is 0.497 e. The van der Waals surface area contributed by atoms with Crippen LogP contribution in [0.4, 0.5) is 5.69 Å². The summed E-state index contributed by atoms with van der Waals surface area (Å²) in [7, 11) is 1.60. The van der Waals surface area contributed by atoms with Gasteiger partial charge in [0, 0.05) is 17.8 Å². The zero-order valence-corrected chi connectivity index (χ0v) is 15.0. The zero-order valence-electron chi connectivity index (χ0n) is 14.2. The van der Waals surface area contributed by atoms with E-state index < -0.39 is 0 Å². The first kappa shape index (κ1) is 17.7. The van der Waals surface area contributed by atoms with E-state index in [-0.39, 0.29) is 11.8 Å². The highest BCUT2D eigenvalue weighted by Crippen LogP contribution is 2.16. The third kappa shape index (κ3) is 4.49. The number of ether oxygens (including phenoxy) is 1. The number of hydrogen-bond donors (Lipinski definition) is 2. The Hall–Kier alpha value is -3.12. The summed E-state index contributed by atoms with van der Waals surface area (Å²) < 4.78 is 5.18. The molecule has 0 saturated carbocycles. The molecule has 132 valence electrons. The number of hydrogen-bond acceptors (Lipinski definition) is 4. The van der Waals surface area contributed by atoms with Crippen molar-refractivity contribution in [2.24, 2.45) is 0 Å². The first-order chi connectivity index (χ1) is 12.7. The third-order valence-corrected chi connectivity index (χ3v) is 4.58. The average Bonchev–Trinajstić information content (AvgIpc) is 3.21. The Labute approximate surface area is 155 Å². The smallest absolute Gasteiger partial charge is 0.265 e. The van der Waals surface area contributed by atoms with E-state index in [9.17, 15) is 9.59 Å². The molecule has 2 N–H and O–H groups in total. The minimum Gasteiger partial charge on any atom is -0.497 e. The first-order valence-electron chi connectivity index (χ1n) is 8.02. The predicted molar refractivity (Wildman–Crippen MR) is 103 cm³/mol. The van der Waals surface area contributed by atoms with Gasteiger partial charge in [-0.15, -0.1) is 11.3 Å². The van der Waals surface area contributed by atoms with Crippen LogP contribution in [-0.2, 0) is 6.54 Å². The number of methoxy groups -OCH3 is 1. The molecule has 26 heavy (non-hydrogen) atoms. The summed E-state index contributed by atoms with van der Waals surface area (Å²) in [5.74, 6) is 0.351. The number of carbonyl (C=O) groups is 2. The summed E-state index contributed by atoms with van der Waals surface area (Å²) in [5.41, 5.74) is 2.01. The van der Waals surface area contributed by atoms with Crippen LogP contribution in [0.25, 0.3) is 0 Å². The van der Waals surface area contributed by atoms with Crippen LogP contribution in [0.2, 0.25) is 0 Å². The lowest BCUT2D eigenvalue weighted by Gasteiger charge is -2.09. The summed E-state index contributed by atoms with van der Waals surface area (Å²) in [5, 5.41) is 7.52. The average molecular weight is 366 g/mol. The SMILES string of the molecule is COc1cccc(CNC(=O)c2cccc(NC(=O)c3cccs3)c2)c1. The lowest BCUT2D eigenvalue weighted by atomic mass is 10.1. The number of thiophene rings is 1. The van der Waals surface area contributed by atoms with Crippen molar-refractivity contribution >= 4 is 28.8 Å². The Kier molecular flexibility index (Phi) is 5.66. The molecule has 2 amide bonds. The van der Waals surface area contributed by atoms with Gasteiger partial charge in [-0.2, -0.15) is 0 Å². The molecule has 2 aromatic carbocycles. The molecular formula is C20H18N2O3S. The standard InChI is InChI=1S/C20H18N2O3S/c1-25-17-8-2-5-14(11-17)13-21-19(23)15-6-3-7-16(12-15)22-20(24)18-9-4-10-26-18/h2-12H,13H2,1H3,(H,21,23)(H,22,24). The van der Waals surface area contributed by atoms with Crippen molar-refractivity contribution in [2.75, 3.05) is 12.4 Å². The van der Waals surface area contributed by atoms with E-state index in [0.29, 0.717) is 22.7 Å². The van der Waals surface area contributed by atoms with Crippen molar-refractivity contribution in [1.82, 2.24) is 5.32 Å². The molecule has 1 heterocycles. The van der Waals surface area contributed by atoms with Gasteiger partial charge in [0.25, 0.3) is 11.8 Å². The van der Waals surface area contributed by atoms with Crippen LogP contribution in [0.15, 0.2) is 66.0 Å². The van der Waals surface area contributed by atoms with E-state index in [2.05, 4.69) is 10.6 Å². The van der Waals surface area contributed by atoms with E-state index in [4.69, 9.17) is 4.74 Å². The molecule has 0 aliphatic carbocycles. The Morgan fingerprint density at radius 3 is 2.62 bits per heavy atom. The summed E-state index contributed by atoms with van der Waals surface area (Å²) >= 11 is 1.37.